The summed E-state index contributed by atoms with van der Waals surface area (Å²) in [4.78, 5) is 25.9. The lowest BCUT2D eigenvalue weighted by Crippen LogP contribution is -2.45. The van der Waals surface area contributed by atoms with Crippen molar-refractivity contribution >= 4 is 35.1 Å². The van der Waals surface area contributed by atoms with Crippen LogP contribution in [0.1, 0.15) is 16.8 Å². The van der Waals surface area contributed by atoms with Gasteiger partial charge in [0.1, 0.15) is 0 Å². The fraction of sp³-hybridized carbons (Fsp3) is 0.467. The number of hydrogen-bond acceptors (Lipinski definition) is 3. The zero-order chi connectivity index (χ0) is 15.9. The minimum atomic E-state index is -0.906. The number of benzene rings is 1. The second-order valence-corrected chi connectivity index (χ2v) is 6.70. The lowest BCUT2D eigenvalue weighted by molar-refractivity contribution is -0.157. The van der Waals surface area contributed by atoms with Gasteiger partial charge in [-0.2, -0.15) is 0 Å². The molecule has 118 valence electrons. The SMILES string of the molecule is O=C(c1cc(Cl)cc(Cl)c1)N1C[C@H]2COCC[C@@]2(C(=O)O)C1. The number of carbonyl (C=O) groups is 2. The molecule has 3 rings (SSSR count). The van der Waals surface area contributed by atoms with Gasteiger partial charge in [0.05, 0.1) is 12.0 Å². The molecule has 0 unspecified atom stereocenters. The largest absolute Gasteiger partial charge is 0.481 e. The highest BCUT2D eigenvalue weighted by Crippen LogP contribution is 2.43. The zero-order valence-electron chi connectivity index (χ0n) is 11.7. The fourth-order valence-corrected chi connectivity index (χ4v) is 3.84. The van der Waals surface area contributed by atoms with Crippen LogP contribution in [0.2, 0.25) is 10.0 Å². The molecule has 1 aromatic rings. The third kappa shape index (κ3) is 2.57. The van der Waals surface area contributed by atoms with Crippen LogP contribution < -0.4 is 0 Å². The van der Waals surface area contributed by atoms with Crippen molar-refractivity contribution in [2.45, 2.75) is 6.42 Å². The molecule has 1 N–H and O–H groups in total. The standard InChI is InChI=1S/C15H15Cl2NO4/c16-11-3-9(4-12(17)5-11)13(19)18-6-10-7-22-2-1-15(10,8-18)14(20)21/h3-5,10H,1-2,6-8H2,(H,20,21)/t10-,15+/m0/s1. The van der Waals surface area contributed by atoms with E-state index < -0.39 is 11.4 Å². The summed E-state index contributed by atoms with van der Waals surface area (Å²) in [6, 6.07) is 4.64. The average molecular weight is 344 g/mol. The molecular weight excluding hydrogens is 329 g/mol. The third-order valence-corrected chi connectivity index (χ3v) is 4.97. The molecule has 0 spiro atoms. The Morgan fingerprint density at radius 1 is 1.27 bits per heavy atom. The van der Waals surface area contributed by atoms with Crippen molar-refractivity contribution < 1.29 is 19.4 Å². The summed E-state index contributed by atoms with van der Waals surface area (Å²) < 4.78 is 5.39. The second-order valence-electron chi connectivity index (χ2n) is 5.83. The lowest BCUT2D eigenvalue weighted by Gasteiger charge is -2.33. The molecule has 2 atom stereocenters. The highest BCUT2D eigenvalue weighted by Gasteiger charge is 2.54. The lowest BCUT2D eigenvalue weighted by atomic mass is 9.74. The number of ether oxygens (including phenoxy) is 1. The second kappa shape index (κ2) is 5.72. The van der Waals surface area contributed by atoms with Crippen LogP contribution in [0.15, 0.2) is 18.2 Å². The minimum Gasteiger partial charge on any atom is -0.481 e. The van der Waals surface area contributed by atoms with Crippen LogP contribution in [0.4, 0.5) is 0 Å². The first-order valence-electron chi connectivity index (χ1n) is 6.99. The van der Waals surface area contributed by atoms with Crippen LogP contribution in [-0.2, 0) is 9.53 Å². The van der Waals surface area contributed by atoms with Gasteiger partial charge < -0.3 is 14.7 Å². The van der Waals surface area contributed by atoms with Crippen LogP contribution in [0.5, 0.6) is 0 Å². The molecule has 1 aromatic carbocycles. The van der Waals surface area contributed by atoms with Gasteiger partial charge in [0.2, 0.25) is 0 Å². The average Bonchev–Trinajstić information content (AvgIpc) is 2.86. The van der Waals surface area contributed by atoms with E-state index in [0.717, 1.165) is 0 Å². The Labute approximate surface area is 137 Å². The van der Waals surface area contributed by atoms with Crippen molar-refractivity contribution in [3.63, 3.8) is 0 Å². The van der Waals surface area contributed by atoms with E-state index in [0.29, 0.717) is 41.8 Å². The molecule has 2 aliphatic heterocycles. The molecule has 22 heavy (non-hydrogen) atoms. The first-order chi connectivity index (χ1) is 10.4. The maximum Gasteiger partial charge on any atom is 0.311 e. The van der Waals surface area contributed by atoms with E-state index in [4.69, 9.17) is 27.9 Å². The van der Waals surface area contributed by atoms with Crippen LogP contribution >= 0.6 is 23.2 Å². The molecule has 2 aliphatic rings. The van der Waals surface area contributed by atoms with Crippen molar-refractivity contribution in [1.29, 1.82) is 0 Å². The van der Waals surface area contributed by atoms with Gasteiger partial charge in [0, 0.05) is 41.2 Å². The normalized spacial score (nSPS) is 27.5. The Kier molecular flexibility index (Phi) is 4.05. The van der Waals surface area contributed by atoms with Crippen molar-refractivity contribution in [2.75, 3.05) is 26.3 Å². The summed E-state index contributed by atoms with van der Waals surface area (Å²) in [6.07, 6.45) is 0.424. The number of likely N-dealkylation sites (tertiary alicyclic amines) is 1. The number of rotatable bonds is 2. The molecule has 1 amide bonds. The van der Waals surface area contributed by atoms with Crippen molar-refractivity contribution in [2.24, 2.45) is 11.3 Å². The molecule has 0 aliphatic carbocycles. The monoisotopic (exact) mass is 343 g/mol. The Morgan fingerprint density at radius 2 is 1.95 bits per heavy atom. The molecule has 2 heterocycles. The third-order valence-electron chi connectivity index (χ3n) is 4.53. The van der Waals surface area contributed by atoms with Gasteiger partial charge in [-0.05, 0) is 24.6 Å². The molecule has 7 heteroatoms. The summed E-state index contributed by atoms with van der Waals surface area (Å²) >= 11 is 11.9. The fourth-order valence-electron chi connectivity index (χ4n) is 3.31. The summed E-state index contributed by atoms with van der Waals surface area (Å²) in [7, 11) is 0. The van der Waals surface area contributed by atoms with E-state index in [1.807, 2.05) is 0 Å². The van der Waals surface area contributed by atoms with Gasteiger partial charge in [-0.3, -0.25) is 9.59 Å². The predicted molar refractivity (Wildman–Crippen MR) is 81.4 cm³/mol. The molecule has 2 fully saturated rings. The van der Waals surface area contributed by atoms with E-state index in [1.54, 1.807) is 23.1 Å². The van der Waals surface area contributed by atoms with E-state index in [-0.39, 0.29) is 18.4 Å². The number of halogens is 2. The van der Waals surface area contributed by atoms with Gasteiger partial charge in [0.25, 0.3) is 5.91 Å². The Hall–Kier alpha value is -1.30. The maximum absolute atomic E-state index is 12.6. The topological polar surface area (TPSA) is 66.8 Å². The van der Waals surface area contributed by atoms with Gasteiger partial charge in [-0.1, -0.05) is 23.2 Å². The van der Waals surface area contributed by atoms with Crippen LogP contribution in [0, 0.1) is 11.3 Å². The number of nitrogens with zero attached hydrogens (tertiary/aromatic N) is 1. The summed E-state index contributed by atoms with van der Waals surface area (Å²) in [5.74, 6) is -1.29. The van der Waals surface area contributed by atoms with Crippen molar-refractivity contribution in [3.05, 3.63) is 33.8 Å². The van der Waals surface area contributed by atoms with Crippen molar-refractivity contribution in [3.8, 4) is 0 Å². The summed E-state index contributed by atoms with van der Waals surface area (Å²) in [5.41, 5.74) is -0.534. The number of carbonyl (C=O) groups excluding carboxylic acids is 1. The first kappa shape index (κ1) is 15.6. The molecular formula is C15H15Cl2NO4. The van der Waals surface area contributed by atoms with Gasteiger partial charge >= 0.3 is 5.97 Å². The Morgan fingerprint density at radius 3 is 2.55 bits per heavy atom. The first-order valence-corrected chi connectivity index (χ1v) is 7.74. The number of hydrogen-bond donors (Lipinski definition) is 1. The predicted octanol–water partition coefficient (Wildman–Crippen LogP) is 2.56. The van der Waals surface area contributed by atoms with E-state index >= 15 is 0 Å². The van der Waals surface area contributed by atoms with Crippen LogP contribution in [-0.4, -0.2) is 48.2 Å². The number of aliphatic carboxylic acids is 1. The molecule has 0 saturated carbocycles. The Balaban J connectivity index is 1.87. The van der Waals surface area contributed by atoms with Crippen molar-refractivity contribution in [1.82, 2.24) is 4.90 Å². The highest BCUT2D eigenvalue weighted by molar-refractivity contribution is 6.35. The highest BCUT2D eigenvalue weighted by atomic mass is 35.5. The van der Waals surface area contributed by atoms with E-state index in [1.165, 1.54) is 0 Å². The Bertz CT molecular complexity index is 616. The minimum absolute atomic E-state index is 0.183. The van der Waals surface area contributed by atoms with Crippen LogP contribution in [0.3, 0.4) is 0 Å². The number of carboxylic acid groups (broad SMARTS) is 1. The van der Waals surface area contributed by atoms with E-state index in [9.17, 15) is 14.7 Å². The summed E-state index contributed by atoms with van der Waals surface area (Å²) in [6.45, 7) is 1.34. The number of carboxylic acids is 1. The van der Waals surface area contributed by atoms with Gasteiger partial charge in [0.15, 0.2) is 0 Å². The molecule has 0 radical (unpaired) electrons. The van der Waals surface area contributed by atoms with Gasteiger partial charge in [-0.15, -0.1) is 0 Å². The molecule has 0 bridgehead atoms. The zero-order valence-corrected chi connectivity index (χ0v) is 13.2. The van der Waals surface area contributed by atoms with Crippen LogP contribution in [0.25, 0.3) is 0 Å². The van der Waals surface area contributed by atoms with Gasteiger partial charge in [-0.25, -0.2) is 0 Å². The number of fused-ring (bicyclic) bond motifs is 1. The molecule has 0 aromatic heterocycles. The maximum atomic E-state index is 12.6. The van der Waals surface area contributed by atoms with E-state index in [2.05, 4.69) is 0 Å². The molecule has 5 nitrogen and oxygen atoms in total. The molecule has 2 saturated heterocycles. The quantitative estimate of drug-likeness (QED) is 0.895. The smallest absolute Gasteiger partial charge is 0.311 e. The summed E-state index contributed by atoms with van der Waals surface area (Å²) in [5, 5.41) is 10.4. The number of amides is 1.